The number of methoxy groups -OCH3 is 1. The molecule has 0 unspecified atom stereocenters. The molecule has 6 nitrogen and oxygen atoms in total. The Morgan fingerprint density at radius 1 is 1.06 bits per heavy atom. The van der Waals surface area contributed by atoms with Crippen molar-refractivity contribution in [3.63, 3.8) is 0 Å². The van der Waals surface area contributed by atoms with Gasteiger partial charge < -0.3 is 9.15 Å². The van der Waals surface area contributed by atoms with Crippen LogP contribution < -0.4 is 10.4 Å². The Hall–Kier alpha value is -2.64. The van der Waals surface area contributed by atoms with Crippen LogP contribution in [0.4, 0.5) is 0 Å². The fourth-order valence-corrected chi connectivity index (χ4v) is 6.75. The van der Waals surface area contributed by atoms with Crippen LogP contribution >= 0.6 is 0 Å². The van der Waals surface area contributed by atoms with E-state index in [2.05, 4.69) is 11.0 Å². The Morgan fingerprint density at radius 2 is 1.81 bits per heavy atom. The fourth-order valence-electron chi connectivity index (χ4n) is 4.99. The minimum Gasteiger partial charge on any atom is -0.497 e. The quantitative estimate of drug-likeness (QED) is 0.532. The summed E-state index contributed by atoms with van der Waals surface area (Å²) < 4.78 is 35.2. The van der Waals surface area contributed by atoms with Crippen molar-refractivity contribution in [2.75, 3.05) is 18.6 Å². The lowest BCUT2D eigenvalue weighted by Crippen LogP contribution is -2.35. The van der Waals surface area contributed by atoms with Crippen LogP contribution in [0.25, 0.3) is 11.0 Å². The van der Waals surface area contributed by atoms with E-state index in [1.165, 1.54) is 11.1 Å². The largest absolute Gasteiger partial charge is 0.497 e. The van der Waals surface area contributed by atoms with Crippen molar-refractivity contribution in [3.05, 3.63) is 75.1 Å². The molecule has 0 radical (unpaired) electrons. The van der Waals surface area contributed by atoms with Crippen LogP contribution in [0.5, 0.6) is 5.75 Å². The van der Waals surface area contributed by atoms with E-state index in [4.69, 9.17) is 9.15 Å². The SMILES string of the molecule is COc1ccc(CN(Cc2cc(=O)oc3cc4c(cc23)CCC4)[C@@H]2CCS(=O)(=O)C2)cc1. The molecule has 1 fully saturated rings. The number of hydrogen-bond acceptors (Lipinski definition) is 6. The van der Waals surface area contributed by atoms with E-state index in [1.807, 2.05) is 30.3 Å². The third kappa shape index (κ3) is 4.32. The van der Waals surface area contributed by atoms with Gasteiger partial charge in [-0.1, -0.05) is 12.1 Å². The third-order valence-electron chi connectivity index (χ3n) is 6.69. The second kappa shape index (κ2) is 8.37. The van der Waals surface area contributed by atoms with Gasteiger partial charge in [-0.05, 0) is 72.2 Å². The van der Waals surface area contributed by atoms with Gasteiger partial charge in [0.25, 0.3) is 0 Å². The monoisotopic (exact) mass is 453 g/mol. The molecule has 2 aliphatic rings. The first-order valence-corrected chi connectivity index (χ1v) is 12.9. The molecular weight excluding hydrogens is 426 g/mol. The molecule has 0 N–H and O–H groups in total. The molecule has 0 amide bonds. The van der Waals surface area contributed by atoms with E-state index >= 15 is 0 Å². The Kier molecular flexibility index (Phi) is 5.55. The summed E-state index contributed by atoms with van der Waals surface area (Å²) in [6.45, 7) is 1.09. The molecule has 168 valence electrons. The van der Waals surface area contributed by atoms with E-state index in [9.17, 15) is 13.2 Å². The molecule has 0 saturated carbocycles. The molecule has 1 atom stereocenters. The van der Waals surface area contributed by atoms with Crippen molar-refractivity contribution in [1.29, 1.82) is 0 Å². The fraction of sp³-hybridized carbons (Fsp3) is 0.400. The predicted octanol–water partition coefficient (Wildman–Crippen LogP) is 3.48. The van der Waals surface area contributed by atoms with Crippen LogP contribution in [-0.2, 0) is 35.8 Å². The standard InChI is InChI=1S/C25H27NO5S/c1-30-22-7-5-17(6-8-22)14-26(21-9-10-32(28,29)16-21)15-20-13-25(27)31-24-12-19-4-2-3-18(19)11-23(20)24/h5-8,11-13,21H,2-4,9-10,14-16H2,1H3/t21-/m1/s1. The molecule has 2 heterocycles. The highest BCUT2D eigenvalue weighted by atomic mass is 32.2. The predicted molar refractivity (Wildman–Crippen MR) is 124 cm³/mol. The van der Waals surface area contributed by atoms with Crippen molar-refractivity contribution >= 4 is 20.8 Å². The average Bonchev–Trinajstić information content (AvgIpc) is 3.37. The van der Waals surface area contributed by atoms with E-state index in [-0.39, 0.29) is 23.2 Å². The summed E-state index contributed by atoms with van der Waals surface area (Å²) in [7, 11) is -1.40. The van der Waals surface area contributed by atoms with Crippen molar-refractivity contribution in [3.8, 4) is 5.75 Å². The highest BCUT2D eigenvalue weighted by molar-refractivity contribution is 7.91. The summed E-state index contributed by atoms with van der Waals surface area (Å²) in [5, 5.41) is 0.950. The molecule has 5 rings (SSSR count). The highest BCUT2D eigenvalue weighted by Gasteiger charge is 2.32. The van der Waals surface area contributed by atoms with Gasteiger partial charge >= 0.3 is 5.63 Å². The van der Waals surface area contributed by atoms with Gasteiger partial charge in [0, 0.05) is 30.6 Å². The van der Waals surface area contributed by atoms with E-state index in [0.29, 0.717) is 25.1 Å². The van der Waals surface area contributed by atoms with Gasteiger partial charge in [-0.3, -0.25) is 4.90 Å². The smallest absolute Gasteiger partial charge is 0.336 e. The van der Waals surface area contributed by atoms with Crippen molar-refractivity contribution < 1.29 is 17.6 Å². The Bertz CT molecular complexity index is 1310. The first kappa shape index (κ1) is 21.2. The molecule has 1 aliphatic heterocycles. The summed E-state index contributed by atoms with van der Waals surface area (Å²) in [6, 6.07) is 13.5. The van der Waals surface area contributed by atoms with Gasteiger partial charge in [-0.2, -0.15) is 0 Å². The van der Waals surface area contributed by atoms with Crippen molar-refractivity contribution in [2.45, 2.75) is 44.8 Å². The number of ether oxygens (including phenoxy) is 1. The Morgan fingerprint density at radius 3 is 2.50 bits per heavy atom. The van der Waals surface area contributed by atoms with Gasteiger partial charge in [-0.15, -0.1) is 0 Å². The summed E-state index contributed by atoms with van der Waals surface area (Å²) in [5.41, 5.74) is 4.80. The number of fused-ring (bicyclic) bond motifs is 2. The number of rotatable bonds is 6. The molecule has 3 aromatic rings. The first-order chi connectivity index (χ1) is 15.4. The van der Waals surface area contributed by atoms with Crippen LogP contribution in [0, 0.1) is 0 Å². The van der Waals surface area contributed by atoms with E-state index in [0.717, 1.165) is 41.5 Å². The minimum absolute atomic E-state index is 0.0844. The second-order valence-electron chi connectivity index (χ2n) is 8.87. The molecule has 2 aromatic carbocycles. The third-order valence-corrected chi connectivity index (χ3v) is 8.44. The number of aryl methyl sites for hydroxylation is 2. The highest BCUT2D eigenvalue weighted by Crippen LogP contribution is 2.30. The maximum absolute atomic E-state index is 12.3. The van der Waals surface area contributed by atoms with Gasteiger partial charge in [0.2, 0.25) is 0 Å². The molecular formula is C25H27NO5S. The molecule has 0 bridgehead atoms. The minimum atomic E-state index is -3.04. The molecule has 7 heteroatoms. The van der Waals surface area contributed by atoms with Crippen molar-refractivity contribution in [2.24, 2.45) is 0 Å². The van der Waals surface area contributed by atoms with Crippen LogP contribution in [-0.4, -0.2) is 38.0 Å². The molecule has 1 saturated heterocycles. The van der Waals surface area contributed by atoms with Gasteiger partial charge in [-0.25, -0.2) is 13.2 Å². The summed E-state index contributed by atoms with van der Waals surface area (Å²) >= 11 is 0. The average molecular weight is 454 g/mol. The molecule has 32 heavy (non-hydrogen) atoms. The molecule has 0 spiro atoms. The van der Waals surface area contributed by atoms with Crippen molar-refractivity contribution in [1.82, 2.24) is 4.90 Å². The number of nitrogens with zero attached hydrogens (tertiary/aromatic N) is 1. The van der Waals surface area contributed by atoms with Gasteiger partial charge in [0.1, 0.15) is 11.3 Å². The number of benzene rings is 2. The topological polar surface area (TPSA) is 76.8 Å². The zero-order valence-electron chi connectivity index (χ0n) is 18.2. The van der Waals surface area contributed by atoms with E-state index < -0.39 is 9.84 Å². The lowest BCUT2D eigenvalue weighted by atomic mass is 10.0. The van der Waals surface area contributed by atoms with Crippen LogP contribution in [0.2, 0.25) is 0 Å². The van der Waals surface area contributed by atoms with E-state index in [1.54, 1.807) is 13.2 Å². The Labute approximate surface area is 187 Å². The van der Waals surface area contributed by atoms with Crippen LogP contribution in [0.15, 0.2) is 51.7 Å². The zero-order chi connectivity index (χ0) is 22.3. The number of sulfone groups is 1. The normalized spacial score (nSPS) is 19.5. The van der Waals surface area contributed by atoms with Crippen LogP contribution in [0.3, 0.4) is 0 Å². The van der Waals surface area contributed by atoms with Gasteiger partial charge in [0.15, 0.2) is 9.84 Å². The zero-order valence-corrected chi connectivity index (χ0v) is 19.0. The number of hydrogen-bond donors (Lipinski definition) is 0. The summed E-state index contributed by atoms with van der Waals surface area (Å²) in [4.78, 5) is 14.5. The lowest BCUT2D eigenvalue weighted by Gasteiger charge is -2.28. The molecule has 1 aliphatic carbocycles. The first-order valence-electron chi connectivity index (χ1n) is 11.1. The summed E-state index contributed by atoms with van der Waals surface area (Å²) in [6.07, 6.45) is 3.78. The van der Waals surface area contributed by atoms with Crippen LogP contribution in [0.1, 0.15) is 35.1 Å². The Balaban J connectivity index is 1.51. The second-order valence-corrected chi connectivity index (χ2v) is 11.1. The maximum Gasteiger partial charge on any atom is 0.336 e. The summed E-state index contributed by atoms with van der Waals surface area (Å²) in [5.74, 6) is 1.14. The van der Waals surface area contributed by atoms with Gasteiger partial charge in [0.05, 0.1) is 18.6 Å². The molecule has 1 aromatic heterocycles. The maximum atomic E-state index is 12.3. The lowest BCUT2D eigenvalue weighted by molar-refractivity contribution is 0.194.